The quantitative estimate of drug-likeness (QED) is 0.530. The van der Waals surface area contributed by atoms with E-state index in [1.54, 1.807) is 6.26 Å². The number of benzene rings is 1. The Hall–Kier alpha value is -2.18. The number of rotatable bonds is 8. The average Bonchev–Trinajstić information content (AvgIpc) is 3.53. The van der Waals surface area contributed by atoms with Crippen molar-refractivity contribution in [2.24, 2.45) is 5.92 Å². The van der Waals surface area contributed by atoms with Crippen LogP contribution in [-0.2, 0) is 21.6 Å². The first-order valence-electron chi connectivity index (χ1n) is 11.2. The van der Waals surface area contributed by atoms with Crippen molar-refractivity contribution in [2.45, 2.75) is 56.6 Å². The summed E-state index contributed by atoms with van der Waals surface area (Å²) in [5.41, 5.74) is 0.0498. The Balaban J connectivity index is 1.43. The Morgan fingerprint density at radius 2 is 1.97 bits per heavy atom. The summed E-state index contributed by atoms with van der Waals surface area (Å²) in [6, 6.07) is 11.5. The number of hydrogen-bond acceptors (Lipinski definition) is 5. The van der Waals surface area contributed by atoms with E-state index >= 15 is 0 Å². The highest BCUT2D eigenvalue weighted by atomic mass is 16.6. The molecule has 3 atom stereocenters. The zero-order valence-corrected chi connectivity index (χ0v) is 17.8. The lowest BCUT2D eigenvalue weighted by Gasteiger charge is -2.37. The summed E-state index contributed by atoms with van der Waals surface area (Å²) in [5.74, 6) is -0.570. The number of nitrogens with zero attached hydrogens (tertiary/aromatic N) is 2. The molecule has 1 aromatic carbocycles. The molecule has 2 aliphatic rings. The van der Waals surface area contributed by atoms with Gasteiger partial charge in [0.05, 0.1) is 25.8 Å². The van der Waals surface area contributed by atoms with Gasteiger partial charge in [-0.1, -0.05) is 48.3 Å². The molecule has 1 saturated carbocycles. The maximum Gasteiger partial charge on any atom is 0.343 e. The molecule has 0 spiro atoms. The van der Waals surface area contributed by atoms with Crippen molar-refractivity contribution in [1.29, 1.82) is 0 Å². The van der Waals surface area contributed by atoms with Gasteiger partial charge in [-0.3, -0.25) is 0 Å². The van der Waals surface area contributed by atoms with Gasteiger partial charge in [0.25, 0.3) is 0 Å². The number of carbonyl (C=O) groups is 1. The average molecular weight is 414 g/mol. The lowest BCUT2D eigenvalue weighted by molar-refractivity contribution is -0.921. The molecule has 1 saturated heterocycles. The summed E-state index contributed by atoms with van der Waals surface area (Å²) in [7, 11) is 2.23. The number of aliphatic hydroxyl groups is 1. The number of aromatic nitrogens is 1. The van der Waals surface area contributed by atoms with Gasteiger partial charge >= 0.3 is 5.97 Å². The van der Waals surface area contributed by atoms with Crippen LogP contribution in [0.5, 0.6) is 0 Å². The fraction of sp³-hybridized carbons (Fsp3) is 0.583. The number of ether oxygens (including phenoxy) is 1. The number of likely N-dealkylation sites (N-methyl/N-ethyl adjacent to an activating group) is 1. The molecule has 30 heavy (non-hydrogen) atoms. The normalized spacial score (nSPS) is 26.5. The van der Waals surface area contributed by atoms with Crippen LogP contribution in [-0.4, -0.2) is 53.5 Å². The van der Waals surface area contributed by atoms with Crippen molar-refractivity contribution in [3.05, 3.63) is 53.9 Å². The molecule has 0 radical (unpaired) electrons. The van der Waals surface area contributed by atoms with Crippen molar-refractivity contribution in [1.82, 2.24) is 5.16 Å². The summed E-state index contributed by atoms with van der Waals surface area (Å²) in [4.78, 5) is 13.3. The third-order valence-corrected chi connectivity index (χ3v) is 7.34. The minimum absolute atomic E-state index is 0.0796. The van der Waals surface area contributed by atoms with Crippen molar-refractivity contribution in [3.63, 3.8) is 0 Å². The van der Waals surface area contributed by atoms with Gasteiger partial charge < -0.3 is 18.8 Å². The molecule has 1 aliphatic carbocycles. The lowest BCUT2D eigenvalue weighted by atomic mass is 9.80. The summed E-state index contributed by atoms with van der Waals surface area (Å²) < 4.78 is 11.6. The minimum atomic E-state index is -1.56. The predicted octanol–water partition coefficient (Wildman–Crippen LogP) is 3.45. The predicted molar refractivity (Wildman–Crippen MR) is 112 cm³/mol. The molecule has 6 heteroatoms. The van der Waals surface area contributed by atoms with E-state index in [9.17, 15) is 9.90 Å². The zero-order chi connectivity index (χ0) is 21.0. The van der Waals surface area contributed by atoms with Crippen molar-refractivity contribution < 1.29 is 23.6 Å². The third-order valence-electron chi connectivity index (χ3n) is 7.34. The lowest BCUT2D eigenvalue weighted by Crippen LogP contribution is -2.52. The van der Waals surface area contributed by atoms with E-state index in [1.165, 1.54) is 0 Å². The van der Waals surface area contributed by atoms with Crippen molar-refractivity contribution in [2.75, 3.05) is 26.7 Å². The third kappa shape index (κ3) is 4.16. The standard InChI is InChI=1S/C24H33N2O4/c1-26(16-13-21-14-17-30-25-21)15-7-12-22(26)18-29-23(27)24(28,20-10-5-6-11-20)19-8-3-2-4-9-19/h2-4,8-9,14,17,20,22,28H,5-7,10-13,15-16,18H2,1H3/q+1. The highest BCUT2D eigenvalue weighted by Gasteiger charge is 2.48. The van der Waals surface area contributed by atoms with Gasteiger partial charge in [-0.15, -0.1) is 0 Å². The fourth-order valence-corrected chi connectivity index (χ4v) is 5.31. The molecule has 2 aromatic rings. The number of quaternary nitrogens is 1. The number of carbonyl (C=O) groups excluding carboxylic acids is 1. The Kier molecular flexibility index (Phi) is 6.25. The topological polar surface area (TPSA) is 72.6 Å². The molecule has 2 heterocycles. The Bertz CT molecular complexity index is 819. The molecule has 3 unspecified atom stereocenters. The van der Waals surface area contributed by atoms with E-state index in [-0.39, 0.29) is 12.0 Å². The largest absolute Gasteiger partial charge is 0.457 e. The first-order chi connectivity index (χ1) is 14.5. The molecular weight excluding hydrogens is 380 g/mol. The Morgan fingerprint density at radius 3 is 2.67 bits per heavy atom. The van der Waals surface area contributed by atoms with E-state index in [2.05, 4.69) is 12.2 Å². The first-order valence-corrected chi connectivity index (χ1v) is 11.2. The second kappa shape index (κ2) is 8.90. The first kappa shape index (κ1) is 21.1. The molecule has 1 aliphatic heterocycles. The zero-order valence-electron chi connectivity index (χ0n) is 17.8. The van der Waals surface area contributed by atoms with E-state index in [0.29, 0.717) is 12.2 Å². The van der Waals surface area contributed by atoms with Crippen LogP contribution in [0, 0.1) is 5.92 Å². The van der Waals surface area contributed by atoms with Crippen LogP contribution in [0.15, 0.2) is 47.2 Å². The molecule has 4 rings (SSSR count). The van der Waals surface area contributed by atoms with Crippen LogP contribution in [0.2, 0.25) is 0 Å². The summed E-state index contributed by atoms with van der Waals surface area (Å²) in [5, 5.41) is 15.6. The molecule has 6 nitrogen and oxygen atoms in total. The van der Waals surface area contributed by atoms with Gasteiger partial charge in [0, 0.05) is 31.2 Å². The summed E-state index contributed by atoms with van der Waals surface area (Å²) in [6.07, 6.45) is 8.39. The van der Waals surface area contributed by atoms with Gasteiger partial charge in [-0.05, 0) is 18.4 Å². The Labute approximate surface area is 178 Å². The smallest absolute Gasteiger partial charge is 0.343 e. The molecule has 0 amide bonds. The monoisotopic (exact) mass is 413 g/mol. The van der Waals surface area contributed by atoms with Crippen LogP contribution in [0.4, 0.5) is 0 Å². The second-order valence-electron chi connectivity index (χ2n) is 9.18. The second-order valence-corrected chi connectivity index (χ2v) is 9.18. The SMILES string of the molecule is C[N+]1(CCc2ccon2)CCCC1COC(=O)C(O)(c1ccccc1)C1CCCC1. The molecule has 1 N–H and O–H groups in total. The van der Waals surface area contributed by atoms with E-state index in [1.807, 2.05) is 36.4 Å². The van der Waals surface area contributed by atoms with Crippen LogP contribution in [0.25, 0.3) is 0 Å². The van der Waals surface area contributed by atoms with Gasteiger partial charge in [0.1, 0.15) is 18.9 Å². The molecule has 0 bridgehead atoms. The maximum atomic E-state index is 13.3. The highest BCUT2D eigenvalue weighted by Crippen LogP contribution is 2.41. The van der Waals surface area contributed by atoms with E-state index < -0.39 is 11.6 Å². The van der Waals surface area contributed by atoms with Crippen LogP contribution >= 0.6 is 0 Å². The van der Waals surface area contributed by atoms with E-state index in [4.69, 9.17) is 9.26 Å². The van der Waals surface area contributed by atoms with Crippen molar-refractivity contribution >= 4 is 5.97 Å². The van der Waals surface area contributed by atoms with Gasteiger partial charge in [0.2, 0.25) is 0 Å². The van der Waals surface area contributed by atoms with Gasteiger partial charge in [-0.2, -0.15) is 0 Å². The van der Waals surface area contributed by atoms with Crippen molar-refractivity contribution in [3.8, 4) is 0 Å². The molecule has 1 aromatic heterocycles. The van der Waals surface area contributed by atoms with Crippen LogP contribution in [0.1, 0.15) is 49.8 Å². The molecular formula is C24H33N2O4+. The molecule has 162 valence electrons. The number of esters is 1. The van der Waals surface area contributed by atoms with E-state index in [0.717, 1.165) is 68.2 Å². The number of hydrogen-bond donors (Lipinski definition) is 1. The summed E-state index contributed by atoms with van der Waals surface area (Å²) >= 11 is 0. The van der Waals surface area contributed by atoms with Gasteiger partial charge in [-0.25, -0.2) is 4.79 Å². The fourth-order valence-electron chi connectivity index (χ4n) is 5.31. The highest BCUT2D eigenvalue weighted by molar-refractivity contribution is 5.81. The number of likely N-dealkylation sites (tertiary alicyclic amines) is 1. The van der Waals surface area contributed by atoms with Gasteiger partial charge in [0.15, 0.2) is 5.60 Å². The molecule has 2 fully saturated rings. The van der Waals surface area contributed by atoms with Crippen LogP contribution < -0.4 is 0 Å². The van der Waals surface area contributed by atoms with Crippen LogP contribution in [0.3, 0.4) is 0 Å². The minimum Gasteiger partial charge on any atom is -0.457 e. The summed E-state index contributed by atoms with van der Waals surface area (Å²) in [6.45, 7) is 2.34. The Morgan fingerprint density at radius 1 is 1.20 bits per heavy atom. The maximum absolute atomic E-state index is 13.3.